The Morgan fingerprint density at radius 1 is 1.44 bits per heavy atom. The average molecular weight is 397 g/mol. The number of hydrogen-bond donors (Lipinski definition) is 2. The first-order valence-electron chi connectivity index (χ1n) is 5.68. The van der Waals surface area contributed by atoms with Gasteiger partial charge in [-0.05, 0) is 56.3 Å². The average Bonchev–Trinajstić information content (AvgIpc) is 3.06. The number of carbonyl (C=O) groups excluding carboxylic acids is 1. The van der Waals surface area contributed by atoms with Crippen LogP contribution in [0.2, 0.25) is 5.02 Å². The Morgan fingerprint density at radius 3 is 2.50 bits per heavy atom. The lowest BCUT2D eigenvalue weighted by Crippen LogP contribution is -2.36. The van der Waals surface area contributed by atoms with Crippen LogP contribution in [0, 0.1) is 5.92 Å². The number of rotatable bonds is 4. The topological polar surface area (TPSA) is 55.1 Å². The van der Waals surface area contributed by atoms with E-state index in [9.17, 15) is 4.79 Å². The first kappa shape index (κ1) is 14.3. The molecule has 0 spiro atoms. The highest BCUT2D eigenvalue weighted by molar-refractivity contribution is 9.11. The molecule has 18 heavy (non-hydrogen) atoms. The molecule has 2 rings (SSSR count). The molecule has 1 aliphatic carbocycles. The Hall–Kier alpha value is -0.100. The third kappa shape index (κ3) is 3.70. The van der Waals surface area contributed by atoms with E-state index >= 15 is 0 Å². The molecule has 3 N–H and O–H groups in total. The van der Waals surface area contributed by atoms with E-state index in [1.807, 2.05) is 0 Å². The molecule has 0 unspecified atom stereocenters. The van der Waals surface area contributed by atoms with Gasteiger partial charge in [-0.25, -0.2) is 0 Å². The molecule has 3 nitrogen and oxygen atoms in total. The fourth-order valence-corrected chi connectivity index (χ4v) is 3.56. The third-order valence-electron chi connectivity index (χ3n) is 2.88. The Balaban J connectivity index is 2.06. The minimum atomic E-state index is -0.452. The summed E-state index contributed by atoms with van der Waals surface area (Å²) in [6.07, 6.45) is 3.14. The zero-order chi connectivity index (χ0) is 13.3. The summed E-state index contributed by atoms with van der Waals surface area (Å²) in [5.41, 5.74) is 6.53. The van der Waals surface area contributed by atoms with E-state index in [4.69, 9.17) is 17.3 Å². The van der Waals surface area contributed by atoms with E-state index in [0.29, 0.717) is 16.6 Å². The van der Waals surface area contributed by atoms with E-state index in [-0.39, 0.29) is 5.91 Å². The van der Waals surface area contributed by atoms with Crippen molar-refractivity contribution in [3.63, 3.8) is 0 Å². The van der Waals surface area contributed by atoms with Gasteiger partial charge in [0.2, 0.25) is 5.91 Å². The van der Waals surface area contributed by atoms with E-state index in [1.54, 1.807) is 12.1 Å². The van der Waals surface area contributed by atoms with E-state index < -0.39 is 6.04 Å². The van der Waals surface area contributed by atoms with Crippen molar-refractivity contribution < 1.29 is 4.79 Å². The first-order chi connectivity index (χ1) is 8.47. The molecule has 0 saturated heterocycles. The quantitative estimate of drug-likeness (QED) is 0.810. The molecular formula is C12H13Br2ClN2O. The molecule has 1 amide bonds. The van der Waals surface area contributed by atoms with Crippen molar-refractivity contribution >= 4 is 55.1 Å². The van der Waals surface area contributed by atoms with E-state index in [2.05, 4.69) is 37.2 Å². The summed E-state index contributed by atoms with van der Waals surface area (Å²) in [6.45, 7) is 0. The molecule has 0 radical (unpaired) electrons. The van der Waals surface area contributed by atoms with Crippen LogP contribution in [0.3, 0.4) is 0 Å². The van der Waals surface area contributed by atoms with Crippen LogP contribution < -0.4 is 11.1 Å². The molecular weight excluding hydrogens is 383 g/mol. The highest BCUT2D eigenvalue weighted by Gasteiger charge is 2.27. The molecule has 0 bridgehead atoms. The van der Waals surface area contributed by atoms with Crippen LogP contribution in [-0.4, -0.2) is 11.9 Å². The van der Waals surface area contributed by atoms with Gasteiger partial charge in [0.1, 0.15) is 0 Å². The van der Waals surface area contributed by atoms with Gasteiger partial charge in [0.05, 0.1) is 11.7 Å². The van der Waals surface area contributed by atoms with Crippen molar-refractivity contribution in [1.29, 1.82) is 0 Å². The predicted molar refractivity (Wildman–Crippen MR) is 80.8 cm³/mol. The summed E-state index contributed by atoms with van der Waals surface area (Å²) >= 11 is 12.6. The van der Waals surface area contributed by atoms with E-state index in [1.165, 1.54) is 12.8 Å². The number of anilines is 1. The summed E-state index contributed by atoms with van der Waals surface area (Å²) in [5, 5.41) is 3.41. The van der Waals surface area contributed by atoms with Crippen LogP contribution in [-0.2, 0) is 4.79 Å². The summed E-state index contributed by atoms with van der Waals surface area (Å²) in [6, 6.07) is 3.01. The number of amides is 1. The largest absolute Gasteiger partial charge is 0.323 e. The molecule has 1 aliphatic rings. The van der Waals surface area contributed by atoms with Gasteiger partial charge in [0.25, 0.3) is 0 Å². The van der Waals surface area contributed by atoms with Gasteiger partial charge in [-0.2, -0.15) is 0 Å². The fraction of sp³-hybridized carbons (Fsp3) is 0.417. The van der Waals surface area contributed by atoms with Gasteiger partial charge in [0.15, 0.2) is 0 Å². The summed E-state index contributed by atoms with van der Waals surface area (Å²) in [7, 11) is 0. The lowest BCUT2D eigenvalue weighted by molar-refractivity contribution is -0.117. The third-order valence-corrected chi connectivity index (χ3v) is 4.35. The van der Waals surface area contributed by atoms with Gasteiger partial charge in [-0.15, -0.1) is 0 Å². The lowest BCUT2D eigenvalue weighted by atomic mass is 10.1. The van der Waals surface area contributed by atoms with Gasteiger partial charge in [0, 0.05) is 14.0 Å². The highest BCUT2D eigenvalue weighted by Crippen LogP contribution is 2.35. The molecule has 1 saturated carbocycles. The smallest absolute Gasteiger partial charge is 0.241 e. The van der Waals surface area contributed by atoms with Crippen LogP contribution in [0.4, 0.5) is 5.69 Å². The van der Waals surface area contributed by atoms with Crippen molar-refractivity contribution in [3.8, 4) is 0 Å². The van der Waals surface area contributed by atoms with Crippen molar-refractivity contribution in [2.24, 2.45) is 11.7 Å². The molecule has 0 aliphatic heterocycles. The van der Waals surface area contributed by atoms with Gasteiger partial charge >= 0.3 is 0 Å². The van der Waals surface area contributed by atoms with Crippen molar-refractivity contribution in [2.75, 3.05) is 5.32 Å². The maximum Gasteiger partial charge on any atom is 0.241 e. The second-order valence-electron chi connectivity index (χ2n) is 4.52. The standard InChI is InChI=1S/C12H13Br2ClN2O/c13-8-4-7(15)5-9(14)11(8)17-12(18)10(16)3-6-1-2-6/h4-6,10H,1-3,16H2,(H,17,18)/t10-/m0/s1. The Labute approximate surface area is 128 Å². The number of nitrogens with two attached hydrogens (primary N) is 1. The molecule has 6 heteroatoms. The number of nitrogens with one attached hydrogen (secondary N) is 1. The number of halogens is 3. The van der Waals surface area contributed by atoms with Crippen LogP contribution >= 0.6 is 43.5 Å². The van der Waals surface area contributed by atoms with Gasteiger partial charge < -0.3 is 11.1 Å². The monoisotopic (exact) mass is 394 g/mol. The van der Waals surface area contributed by atoms with Gasteiger partial charge in [-0.3, -0.25) is 4.79 Å². The first-order valence-corrected chi connectivity index (χ1v) is 7.64. The predicted octanol–water partition coefficient (Wildman–Crippen LogP) is 3.93. The lowest BCUT2D eigenvalue weighted by Gasteiger charge is -2.14. The molecule has 1 fully saturated rings. The highest BCUT2D eigenvalue weighted by atomic mass is 79.9. The van der Waals surface area contributed by atoms with Crippen LogP contribution in [0.15, 0.2) is 21.1 Å². The fourth-order valence-electron chi connectivity index (χ4n) is 1.70. The molecule has 1 aromatic rings. The number of hydrogen-bond acceptors (Lipinski definition) is 2. The number of benzene rings is 1. The Kier molecular flexibility index (Phi) is 4.69. The van der Waals surface area contributed by atoms with Crippen molar-refractivity contribution in [1.82, 2.24) is 0 Å². The molecule has 1 aromatic carbocycles. The van der Waals surface area contributed by atoms with Crippen molar-refractivity contribution in [2.45, 2.75) is 25.3 Å². The minimum Gasteiger partial charge on any atom is -0.323 e. The van der Waals surface area contributed by atoms with Crippen LogP contribution in [0.5, 0.6) is 0 Å². The second-order valence-corrected chi connectivity index (χ2v) is 6.66. The van der Waals surface area contributed by atoms with Crippen LogP contribution in [0.25, 0.3) is 0 Å². The van der Waals surface area contributed by atoms with Crippen LogP contribution in [0.1, 0.15) is 19.3 Å². The number of carbonyl (C=O) groups is 1. The SMILES string of the molecule is N[C@@H](CC1CC1)C(=O)Nc1c(Br)cc(Cl)cc1Br. The van der Waals surface area contributed by atoms with Crippen molar-refractivity contribution in [3.05, 3.63) is 26.1 Å². The Bertz CT molecular complexity index is 454. The molecule has 0 heterocycles. The van der Waals surface area contributed by atoms with Gasteiger partial charge in [-0.1, -0.05) is 24.4 Å². The zero-order valence-electron chi connectivity index (χ0n) is 9.55. The molecule has 98 valence electrons. The maximum absolute atomic E-state index is 12.0. The second kappa shape index (κ2) is 5.90. The summed E-state index contributed by atoms with van der Waals surface area (Å²) < 4.78 is 1.46. The summed E-state index contributed by atoms with van der Waals surface area (Å²) in [4.78, 5) is 12.0. The normalized spacial score (nSPS) is 16.4. The maximum atomic E-state index is 12.0. The zero-order valence-corrected chi connectivity index (χ0v) is 13.5. The molecule has 1 atom stereocenters. The Morgan fingerprint density at radius 2 is 2.00 bits per heavy atom. The summed E-state index contributed by atoms with van der Waals surface area (Å²) in [5.74, 6) is 0.466. The molecule has 0 aromatic heterocycles. The van der Waals surface area contributed by atoms with E-state index in [0.717, 1.165) is 15.4 Å². The minimum absolute atomic E-state index is 0.161.